The maximum absolute atomic E-state index is 9.93. The Labute approximate surface area is 111 Å². The lowest BCUT2D eigenvalue weighted by atomic mass is 10.1. The highest BCUT2D eigenvalue weighted by molar-refractivity contribution is 6.28. The molecule has 2 rings (SSSR count). The molecule has 1 aromatic heterocycles. The van der Waals surface area contributed by atoms with Gasteiger partial charge in [0.25, 0.3) is 0 Å². The molecule has 1 saturated heterocycles. The van der Waals surface area contributed by atoms with Crippen LogP contribution in [0.25, 0.3) is 0 Å². The predicted octanol–water partition coefficient (Wildman–Crippen LogP) is 1.27. The van der Waals surface area contributed by atoms with Crippen LogP contribution in [0.1, 0.15) is 26.7 Å². The van der Waals surface area contributed by atoms with Crippen LogP contribution in [-0.4, -0.2) is 45.4 Å². The minimum Gasteiger partial charge on any atom is -0.463 e. The smallest absolute Gasteiger partial charge is 0.322 e. The number of ether oxygens (including phenoxy) is 1. The van der Waals surface area contributed by atoms with E-state index < -0.39 is 5.60 Å². The summed E-state index contributed by atoms with van der Waals surface area (Å²) in [6.07, 6.45) is 1.55. The molecule has 1 aromatic rings. The normalized spacial score (nSPS) is 23.4. The van der Waals surface area contributed by atoms with Gasteiger partial charge in [-0.3, -0.25) is 0 Å². The van der Waals surface area contributed by atoms with Crippen LogP contribution < -0.4 is 9.64 Å². The lowest BCUT2D eigenvalue weighted by Crippen LogP contribution is -2.30. The average molecular weight is 273 g/mol. The number of halogens is 1. The zero-order valence-electron chi connectivity index (χ0n) is 10.6. The third kappa shape index (κ3) is 3.20. The summed E-state index contributed by atoms with van der Waals surface area (Å²) in [6, 6.07) is 0.235. The Hall–Kier alpha value is -1.14. The highest BCUT2D eigenvalue weighted by Crippen LogP contribution is 2.25. The lowest BCUT2D eigenvalue weighted by molar-refractivity contribution is 0.0838. The van der Waals surface area contributed by atoms with Gasteiger partial charge in [0, 0.05) is 13.1 Å². The van der Waals surface area contributed by atoms with Crippen molar-refractivity contribution in [1.82, 2.24) is 15.0 Å². The summed E-state index contributed by atoms with van der Waals surface area (Å²) in [4.78, 5) is 14.1. The first-order chi connectivity index (χ1) is 8.50. The lowest BCUT2D eigenvalue weighted by Gasteiger charge is -2.19. The van der Waals surface area contributed by atoms with Crippen LogP contribution in [0.15, 0.2) is 0 Å². The number of aromatic nitrogens is 3. The summed E-state index contributed by atoms with van der Waals surface area (Å²) < 4.78 is 5.35. The van der Waals surface area contributed by atoms with Crippen molar-refractivity contribution in [2.75, 3.05) is 24.6 Å². The van der Waals surface area contributed by atoms with Crippen molar-refractivity contribution >= 4 is 17.5 Å². The fraction of sp³-hybridized carbons (Fsp3) is 0.727. The molecule has 6 nitrogen and oxygen atoms in total. The predicted molar refractivity (Wildman–Crippen MR) is 68.1 cm³/mol. The van der Waals surface area contributed by atoms with Gasteiger partial charge in [0.1, 0.15) is 0 Å². The van der Waals surface area contributed by atoms with Gasteiger partial charge in [-0.1, -0.05) is 6.92 Å². The first kappa shape index (κ1) is 13.3. The zero-order chi connectivity index (χ0) is 13.2. The molecule has 0 spiro atoms. The summed E-state index contributed by atoms with van der Waals surface area (Å²) in [5, 5.41) is 10.0. The van der Waals surface area contributed by atoms with Gasteiger partial charge in [0.05, 0.1) is 12.2 Å². The Kier molecular flexibility index (Phi) is 3.87. The van der Waals surface area contributed by atoms with E-state index in [1.807, 2.05) is 11.8 Å². The topological polar surface area (TPSA) is 71.4 Å². The standard InChI is InChI=1S/C11H17ClN4O2/c1-3-6-18-10-14-8(12)13-9(15-10)16-5-4-11(2,17)7-16/h17H,3-7H2,1-2H3. The van der Waals surface area contributed by atoms with E-state index in [1.54, 1.807) is 6.92 Å². The van der Waals surface area contributed by atoms with Gasteiger partial charge in [-0.2, -0.15) is 15.0 Å². The van der Waals surface area contributed by atoms with Crippen LogP contribution in [0, 0.1) is 0 Å². The molecule has 0 radical (unpaired) electrons. The van der Waals surface area contributed by atoms with E-state index in [2.05, 4.69) is 15.0 Å². The maximum Gasteiger partial charge on any atom is 0.322 e. The highest BCUT2D eigenvalue weighted by Gasteiger charge is 2.33. The number of nitrogens with zero attached hydrogens (tertiary/aromatic N) is 4. The molecule has 1 fully saturated rings. The number of anilines is 1. The quantitative estimate of drug-likeness (QED) is 0.890. The summed E-state index contributed by atoms with van der Waals surface area (Å²) in [5.74, 6) is 0.457. The van der Waals surface area contributed by atoms with Crippen molar-refractivity contribution < 1.29 is 9.84 Å². The van der Waals surface area contributed by atoms with Gasteiger partial charge in [-0.15, -0.1) is 0 Å². The number of hydrogen-bond acceptors (Lipinski definition) is 6. The minimum atomic E-state index is -0.705. The Bertz CT molecular complexity index is 428. The van der Waals surface area contributed by atoms with Gasteiger partial charge in [-0.05, 0) is 31.4 Å². The summed E-state index contributed by atoms with van der Waals surface area (Å²) in [7, 11) is 0. The minimum absolute atomic E-state index is 0.109. The number of rotatable bonds is 4. The van der Waals surface area contributed by atoms with Crippen LogP contribution in [0.3, 0.4) is 0 Å². The molecular weight excluding hydrogens is 256 g/mol. The van der Waals surface area contributed by atoms with Crippen molar-refractivity contribution in [1.29, 1.82) is 0 Å². The van der Waals surface area contributed by atoms with E-state index in [0.29, 0.717) is 32.1 Å². The van der Waals surface area contributed by atoms with E-state index in [0.717, 1.165) is 6.42 Å². The average Bonchev–Trinajstić information content (AvgIpc) is 2.66. The van der Waals surface area contributed by atoms with E-state index in [9.17, 15) is 5.11 Å². The largest absolute Gasteiger partial charge is 0.463 e. The molecule has 0 amide bonds. The third-order valence-electron chi connectivity index (χ3n) is 2.75. The third-order valence-corrected chi connectivity index (χ3v) is 2.91. The van der Waals surface area contributed by atoms with Crippen LogP contribution in [0.5, 0.6) is 6.01 Å². The van der Waals surface area contributed by atoms with Gasteiger partial charge in [0.2, 0.25) is 11.2 Å². The second-order valence-corrected chi connectivity index (χ2v) is 5.04. The number of aliphatic hydroxyl groups is 1. The van der Waals surface area contributed by atoms with E-state index in [1.165, 1.54) is 0 Å². The monoisotopic (exact) mass is 272 g/mol. The Balaban J connectivity index is 2.15. The molecule has 1 unspecified atom stereocenters. The summed E-state index contributed by atoms with van der Waals surface area (Å²) >= 11 is 5.85. The van der Waals surface area contributed by atoms with Crippen LogP contribution in [-0.2, 0) is 0 Å². The van der Waals surface area contributed by atoms with E-state index >= 15 is 0 Å². The Morgan fingerprint density at radius 3 is 2.83 bits per heavy atom. The molecule has 2 heterocycles. The van der Waals surface area contributed by atoms with Crippen molar-refractivity contribution in [3.8, 4) is 6.01 Å². The van der Waals surface area contributed by atoms with Crippen LogP contribution >= 0.6 is 11.6 Å². The molecule has 7 heteroatoms. The molecule has 0 aromatic carbocycles. The van der Waals surface area contributed by atoms with E-state index in [4.69, 9.17) is 16.3 Å². The zero-order valence-corrected chi connectivity index (χ0v) is 11.3. The maximum atomic E-state index is 9.93. The first-order valence-electron chi connectivity index (χ1n) is 6.02. The van der Waals surface area contributed by atoms with E-state index in [-0.39, 0.29) is 11.3 Å². The fourth-order valence-corrected chi connectivity index (χ4v) is 1.99. The number of β-amino-alcohol motifs (C(OH)–C–C–N with tert-alkyl or cyclic N) is 1. The molecule has 18 heavy (non-hydrogen) atoms. The van der Waals surface area contributed by atoms with Gasteiger partial charge < -0.3 is 14.7 Å². The molecule has 0 aliphatic carbocycles. The van der Waals surface area contributed by atoms with Crippen molar-refractivity contribution in [3.05, 3.63) is 5.28 Å². The summed E-state index contributed by atoms with van der Waals surface area (Å²) in [5.41, 5.74) is -0.705. The van der Waals surface area contributed by atoms with Gasteiger partial charge in [-0.25, -0.2) is 0 Å². The molecule has 100 valence electrons. The van der Waals surface area contributed by atoms with Gasteiger partial charge >= 0.3 is 6.01 Å². The highest BCUT2D eigenvalue weighted by atomic mass is 35.5. The molecule has 1 N–H and O–H groups in total. The SMILES string of the molecule is CCCOc1nc(Cl)nc(N2CCC(C)(O)C2)n1. The van der Waals surface area contributed by atoms with Crippen LogP contribution in [0.4, 0.5) is 5.95 Å². The van der Waals surface area contributed by atoms with Gasteiger partial charge in [0.15, 0.2) is 0 Å². The molecule has 1 aliphatic heterocycles. The van der Waals surface area contributed by atoms with Crippen molar-refractivity contribution in [2.45, 2.75) is 32.3 Å². The van der Waals surface area contributed by atoms with Crippen molar-refractivity contribution in [3.63, 3.8) is 0 Å². The number of hydrogen-bond donors (Lipinski definition) is 1. The Morgan fingerprint density at radius 1 is 1.44 bits per heavy atom. The molecular formula is C11H17ClN4O2. The Morgan fingerprint density at radius 2 is 2.22 bits per heavy atom. The molecule has 1 atom stereocenters. The first-order valence-corrected chi connectivity index (χ1v) is 6.40. The fourth-order valence-electron chi connectivity index (χ4n) is 1.84. The molecule has 0 bridgehead atoms. The second-order valence-electron chi connectivity index (χ2n) is 4.70. The van der Waals surface area contributed by atoms with Crippen LogP contribution in [0.2, 0.25) is 5.28 Å². The summed E-state index contributed by atoms with van der Waals surface area (Å²) in [6.45, 7) is 5.52. The molecule has 0 saturated carbocycles. The molecule has 1 aliphatic rings. The van der Waals surface area contributed by atoms with Crippen molar-refractivity contribution in [2.24, 2.45) is 0 Å². The second kappa shape index (κ2) is 5.24.